The summed E-state index contributed by atoms with van der Waals surface area (Å²) in [7, 11) is 0. The molecule has 0 aliphatic carbocycles. The van der Waals surface area contributed by atoms with Gasteiger partial charge in [0, 0.05) is 11.4 Å². The largest absolute Gasteiger partial charge is 0.462 e. The number of hydrogen-bond donors (Lipinski definition) is 1. The second-order valence-electron chi connectivity index (χ2n) is 6.93. The van der Waals surface area contributed by atoms with Gasteiger partial charge in [-0.25, -0.2) is 14.4 Å². The lowest BCUT2D eigenvalue weighted by molar-refractivity contribution is 0.0526. The molecule has 0 saturated heterocycles. The third kappa shape index (κ3) is 5.35. The van der Waals surface area contributed by atoms with Gasteiger partial charge in [-0.05, 0) is 46.6 Å². The number of anilines is 1. The maximum atomic E-state index is 12.5. The maximum absolute atomic E-state index is 12.5. The van der Waals surface area contributed by atoms with Crippen LogP contribution >= 0.6 is 11.3 Å². The lowest BCUT2D eigenvalue weighted by Crippen LogP contribution is -2.36. The van der Waals surface area contributed by atoms with Crippen LogP contribution in [0.15, 0.2) is 0 Å². The molecule has 0 saturated carbocycles. The molecule has 9 heteroatoms. The van der Waals surface area contributed by atoms with Crippen LogP contribution in [0.5, 0.6) is 0 Å². The Balaban J connectivity index is 2.30. The topological polar surface area (TPSA) is 94.2 Å². The molecule has 0 bridgehead atoms. The first-order valence-electron chi connectivity index (χ1n) is 8.89. The monoisotopic (exact) mass is 398 g/mol. The molecule has 1 aliphatic heterocycles. The van der Waals surface area contributed by atoms with Gasteiger partial charge in [0.25, 0.3) is 0 Å². The number of carbonyl (C=O) groups is 3. The number of rotatable bonds is 4. The molecule has 0 fully saturated rings. The van der Waals surface area contributed by atoms with E-state index in [0.717, 1.165) is 10.4 Å². The highest BCUT2D eigenvalue weighted by molar-refractivity contribution is 7.17. The number of carbonyl (C=O) groups excluding carboxylic acids is 3. The van der Waals surface area contributed by atoms with E-state index >= 15 is 0 Å². The Morgan fingerprint density at radius 2 is 1.81 bits per heavy atom. The fraction of sp³-hybridized carbons (Fsp3) is 0.611. The minimum absolute atomic E-state index is 0.226. The van der Waals surface area contributed by atoms with E-state index in [1.165, 1.54) is 11.3 Å². The summed E-state index contributed by atoms with van der Waals surface area (Å²) in [6.07, 6.45) is -0.556. The third-order valence-corrected chi connectivity index (χ3v) is 4.81. The molecule has 1 aromatic heterocycles. The number of nitrogens with zero attached hydrogens (tertiary/aromatic N) is 1. The highest BCUT2D eigenvalue weighted by Gasteiger charge is 2.32. The number of nitrogens with one attached hydrogen (secondary N) is 1. The lowest BCUT2D eigenvalue weighted by Gasteiger charge is -2.26. The van der Waals surface area contributed by atoms with E-state index in [-0.39, 0.29) is 6.61 Å². The summed E-state index contributed by atoms with van der Waals surface area (Å²) in [6, 6.07) is 0. The van der Waals surface area contributed by atoms with Crippen molar-refractivity contribution in [3.63, 3.8) is 0 Å². The normalized spacial score (nSPS) is 13.6. The molecule has 1 N–H and O–H groups in total. The van der Waals surface area contributed by atoms with E-state index in [0.29, 0.717) is 36.7 Å². The van der Waals surface area contributed by atoms with Gasteiger partial charge >= 0.3 is 18.2 Å². The van der Waals surface area contributed by atoms with Gasteiger partial charge in [-0.2, -0.15) is 0 Å². The zero-order chi connectivity index (χ0) is 20.2. The zero-order valence-corrected chi connectivity index (χ0v) is 17.2. The minimum atomic E-state index is -0.661. The molecule has 0 unspecified atom stereocenters. The van der Waals surface area contributed by atoms with Gasteiger partial charge in [0.1, 0.15) is 10.6 Å². The van der Waals surface area contributed by atoms with E-state index < -0.39 is 23.8 Å². The Bertz CT molecular complexity index is 722. The quantitative estimate of drug-likeness (QED) is 0.613. The predicted octanol–water partition coefficient (Wildman–Crippen LogP) is 3.79. The molecule has 1 aliphatic rings. The summed E-state index contributed by atoms with van der Waals surface area (Å²) in [5, 5.41) is 3.03. The van der Waals surface area contributed by atoms with Crippen LogP contribution in [0.1, 0.15) is 55.4 Å². The Kier molecular flexibility index (Phi) is 6.69. The van der Waals surface area contributed by atoms with Gasteiger partial charge in [0.05, 0.1) is 25.3 Å². The molecule has 0 atom stereocenters. The Labute approximate surface area is 162 Å². The molecule has 8 nitrogen and oxygen atoms in total. The first kappa shape index (κ1) is 21.0. The molecule has 2 rings (SSSR count). The second kappa shape index (κ2) is 8.60. The van der Waals surface area contributed by atoms with Crippen LogP contribution in [0.4, 0.5) is 14.6 Å². The molecule has 0 spiro atoms. The Morgan fingerprint density at radius 3 is 2.41 bits per heavy atom. The number of ether oxygens (including phenoxy) is 3. The number of esters is 1. The predicted molar refractivity (Wildman–Crippen MR) is 101 cm³/mol. The average molecular weight is 398 g/mol. The van der Waals surface area contributed by atoms with Crippen molar-refractivity contribution in [2.45, 2.75) is 53.2 Å². The zero-order valence-electron chi connectivity index (χ0n) is 16.3. The maximum Gasteiger partial charge on any atom is 0.412 e. The number of thiophene rings is 1. The lowest BCUT2D eigenvalue weighted by atomic mass is 10.0. The molecule has 0 aromatic carbocycles. The van der Waals surface area contributed by atoms with Gasteiger partial charge in [-0.1, -0.05) is 0 Å². The summed E-state index contributed by atoms with van der Waals surface area (Å²) < 4.78 is 15.5. The van der Waals surface area contributed by atoms with Crippen molar-refractivity contribution in [2.75, 3.05) is 25.1 Å². The summed E-state index contributed by atoms with van der Waals surface area (Å²) in [6.45, 7) is 10.0. The van der Waals surface area contributed by atoms with E-state index in [9.17, 15) is 14.4 Å². The number of amides is 2. The SMILES string of the molecule is CCOC(=O)c1c(NC(=O)OC(C)(C)C)sc2c1CCN(C(=O)OCC)C2. The summed E-state index contributed by atoms with van der Waals surface area (Å²) >= 11 is 1.25. The first-order chi connectivity index (χ1) is 12.7. The van der Waals surface area contributed by atoms with Crippen LogP contribution < -0.4 is 5.32 Å². The third-order valence-electron chi connectivity index (χ3n) is 3.68. The molecule has 150 valence electrons. The minimum Gasteiger partial charge on any atom is -0.462 e. The van der Waals surface area contributed by atoms with Crippen molar-refractivity contribution in [2.24, 2.45) is 0 Å². The highest BCUT2D eigenvalue weighted by atomic mass is 32.1. The van der Waals surface area contributed by atoms with Crippen LogP contribution in [-0.4, -0.2) is 48.4 Å². The molecule has 2 amide bonds. The highest BCUT2D eigenvalue weighted by Crippen LogP contribution is 2.38. The first-order valence-corrected chi connectivity index (χ1v) is 9.71. The van der Waals surface area contributed by atoms with Crippen LogP contribution in [0.3, 0.4) is 0 Å². The Hall–Kier alpha value is -2.29. The fourth-order valence-corrected chi connectivity index (χ4v) is 3.91. The van der Waals surface area contributed by atoms with Gasteiger partial charge < -0.3 is 19.1 Å². The standard InChI is InChI=1S/C18H26N2O6S/c1-6-24-15(21)13-11-8-9-20(17(23)25-7-2)10-12(11)27-14(13)19-16(22)26-18(3,4)5/h6-10H2,1-5H3,(H,19,22). The van der Waals surface area contributed by atoms with Crippen molar-refractivity contribution < 1.29 is 28.6 Å². The molecule has 1 aromatic rings. The van der Waals surface area contributed by atoms with Crippen molar-refractivity contribution >= 4 is 34.5 Å². The van der Waals surface area contributed by atoms with E-state index in [4.69, 9.17) is 14.2 Å². The molecular formula is C18H26N2O6S. The second-order valence-corrected chi connectivity index (χ2v) is 8.03. The van der Waals surface area contributed by atoms with Crippen LogP contribution in [0, 0.1) is 0 Å². The van der Waals surface area contributed by atoms with Crippen LogP contribution in [0.2, 0.25) is 0 Å². The van der Waals surface area contributed by atoms with Crippen LogP contribution in [0.25, 0.3) is 0 Å². The summed E-state index contributed by atoms with van der Waals surface area (Å²) in [5.74, 6) is -0.495. The van der Waals surface area contributed by atoms with Crippen molar-refractivity contribution in [1.82, 2.24) is 4.90 Å². The number of hydrogen-bond acceptors (Lipinski definition) is 7. The van der Waals surface area contributed by atoms with Gasteiger partial charge in [0.2, 0.25) is 0 Å². The van der Waals surface area contributed by atoms with Gasteiger partial charge in [-0.15, -0.1) is 11.3 Å². The number of fused-ring (bicyclic) bond motifs is 1. The van der Waals surface area contributed by atoms with Crippen molar-refractivity contribution in [1.29, 1.82) is 0 Å². The van der Waals surface area contributed by atoms with E-state index in [1.807, 2.05) is 0 Å². The van der Waals surface area contributed by atoms with Crippen molar-refractivity contribution in [3.8, 4) is 0 Å². The average Bonchev–Trinajstić information content (AvgIpc) is 2.90. The van der Waals surface area contributed by atoms with Crippen LogP contribution in [-0.2, 0) is 27.2 Å². The molecule has 0 radical (unpaired) electrons. The molecule has 2 heterocycles. The molecule has 27 heavy (non-hydrogen) atoms. The van der Waals surface area contributed by atoms with Gasteiger partial charge in [0.15, 0.2) is 0 Å². The van der Waals surface area contributed by atoms with Gasteiger partial charge in [-0.3, -0.25) is 5.32 Å². The van der Waals surface area contributed by atoms with Crippen molar-refractivity contribution in [3.05, 3.63) is 16.0 Å². The van der Waals surface area contributed by atoms with E-state index in [2.05, 4.69) is 5.32 Å². The fourth-order valence-electron chi connectivity index (χ4n) is 2.68. The Morgan fingerprint density at radius 1 is 1.15 bits per heavy atom. The molecular weight excluding hydrogens is 372 g/mol. The summed E-state index contributed by atoms with van der Waals surface area (Å²) in [5.41, 5.74) is 0.474. The smallest absolute Gasteiger partial charge is 0.412 e. The summed E-state index contributed by atoms with van der Waals surface area (Å²) in [4.78, 5) is 39.0. The van der Waals surface area contributed by atoms with E-state index in [1.54, 1.807) is 39.5 Å².